The van der Waals surface area contributed by atoms with E-state index in [9.17, 15) is 5.11 Å². The summed E-state index contributed by atoms with van der Waals surface area (Å²) in [5.41, 5.74) is -0.116. The first-order chi connectivity index (χ1) is 8.65. The Labute approximate surface area is 119 Å². The summed E-state index contributed by atoms with van der Waals surface area (Å²) in [5.74, 6) is 1.05. The van der Waals surface area contributed by atoms with Crippen molar-refractivity contribution in [2.75, 3.05) is 19.4 Å². The van der Waals surface area contributed by atoms with Gasteiger partial charge in [-0.05, 0) is 50.3 Å². The van der Waals surface area contributed by atoms with Gasteiger partial charge in [0.1, 0.15) is 0 Å². The van der Waals surface area contributed by atoms with Gasteiger partial charge in [-0.2, -0.15) is 0 Å². The Morgan fingerprint density at radius 1 is 1.44 bits per heavy atom. The van der Waals surface area contributed by atoms with E-state index in [1.807, 2.05) is 37.0 Å². The Hall–Kier alpha value is -0.220. The van der Waals surface area contributed by atoms with Crippen LogP contribution in [0.2, 0.25) is 5.02 Å². The predicted octanol–water partition coefficient (Wildman–Crippen LogP) is 3.57. The molecule has 1 aromatic carbocycles. The quantitative estimate of drug-likeness (QED) is 0.566. The highest BCUT2D eigenvalue weighted by atomic mass is 35.5. The van der Waals surface area contributed by atoms with Gasteiger partial charge in [0.15, 0.2) is 0 Å². The van der Waals surface area contributed by atoms with Crippen molar-refractivity contribution in [2.45, 2.75) is 36.6 Å². The van der Waals surface area contributed by atoms with Crippen LogP contribution in [-0.2, 0) is 0 Å². The molecule has 0 fully saturated rings. The van der Waals surface area contributed by atoms with Gasteiger partial charge in [0.25, 0.3) is 0 Å². The second-order valence-electron chi connectivity index (χ2n) is 4.45. The summed E-state index contributed by atoms with van der Waals surface area (Å²) in [7, 11) is 1.92. The van der Waals surface area contributed by atoms with Crippen LogP contribution in [0.1, 0.15) is 26.2 Å². The second-order valence-corrected chi connectivity index (χ2v) is 6.06. The number of aliphatic hydroxyl groups is 1. The molecule has 18 heavy (non-hydrogen) atoms. The summed E-state index contributed by atoms with van der Waals surface area (Å²) in [6.07, 6.45) is 3.01. The zero-order valence-corrected chi connectivity index (χ0v) is 12.7. The molecule has 0 aliphatic carbocycles. The molecule has 0 aromatic heterocycles. The molecule has 0 spiro atoms. The highest BCUT2D eigenvalue weighted by molar-refractivity contribution is 7.99. The molecule has 1 rings (SSSR count). The first kappa shape index (κ1) is 15.8. The van der Waals surface area contributed by atoms with Gasteiger partial charge in [-0.1, -0.05) is 24.6 Å². The second kappa shape index (κ2) is 8.05. The third-order valence-electron chi connectivity index (χ3n) is 3.37. The van der Waals surface area contributed by atoms with Crippen LogP contribution < -0.4 is 5.32 Å². The molecule has 0 radical (unpaired) electrons. The minimum absolute atomic E-state index is 0.116. The summed E-state index contributed by atoms with van der Waals surface area (Å²) in [5, 5.41) is 13.5. The topological polar surface area (TPSA) is 32.3 Å². The third-order valence-corrected chi connectivity index (χ3v) is 4.69. The van der Waals surface area contributed by atoms with Gasteiger partial charge in [-0.3, -0.25) is 0 Å². The first-order valence-electron chi connectivity index (χ1n) is 6.34. The van der Waals surface area contributed by atoms with Gasteiger partial charge < -0.3 is 10.4 Å². The van der Waals surface area contributed by atoms with E-state index in [1.165, 1.54) is 4.90 Å². The van der Waals surface area contributed by atoms with E-state index in [4.69, 9.17) is 11.6 Å². The zero-order valence-electron chi connectivity index (χ0n) is 11.1. The van der Waals surface area contributed by atoms with Crippen LogP contribution in [0.5, 0.6) is 0 Å². The molecule has 0 heterocycles. The van der Waals surface area contributed by atoms with Crippen LogP contribution in [0.3, 0.4) is 0 Å². The van der Waals surface area contributed by atoms with Crippen molar-refractivity contribution in [3.63, 3.8) is 0 Å². The SMILES string of the molecule is CCC(CO)(CCCSc1cccc(Cl)c1)NC. The number of benzene rings is 1. The minimum Gasteiger partial charge on any atom is -0.394 e. The summed E-state index contributed by atoms with van der Waals surface area (Å²) in [6, 6.07) is 7.93. The van der Waals surface area contributed by atoms with Crippen LogP contribution in [-0.4, -0.2) is 30.1 Å². The van der Waals surface area contributed by atoms with Crippen LogP contribution in [0.15, 0.2) is 29.2 Å². The van der Waals surface area contributed by atoms with Crippen molar-refractivity contribution in [2.24, 2.45) is 0 Å². The van der Waals surface area contributed by atoms with Gasteiger partial charge in [0.2, 0.25) is 0 Å². The van der Waals surface area contributed by atoms with Crippen LogP contribution in [0.25, 0.3) is 0 Å². The zero-order chi connectivity index (χ0) is 13.4. The molecule has 1 aromatic rings. The van der Waals surface area contributed by atoms with Crippen molar-refractivity contribution in [1.29, 1.82) is 0 Å². The normalized spacial score (nSPS) is 14.4. The van der Waals surface area contributed by atoms with Crippen LogP contribution in [0.4, 0.5) is 0 Å². The lowest BCUT2D eigenvalue weighted by Gasteiger charge is -2.30. The van der Waals surface area contributed by atoms with E-state index in [0.29, 0.717) is 0 Å². The fourth-order valence-electron chi connectivity index (χ4n) is 1.91. The number of hydrogen-bond acceptors (Lipinski definition) is 3. The van der Waals surface area contributed by atoms with E-state index in [-0.39, 0.29) is 12.1 Å². The highest BCUT2D eigenvalue weighted by Gasteiger charge is 2.23. The average Bonchev–Trinajstić information content (AvgIpc) is 2.40. The van der Waals surface area contributed by atoms with Gasteiger partial charge in [-0.25, -0.2) is 0 Å². The fourth-order valence-corrected chi connectivity index (χ4v) is 3.07. The van der Waals surface area contributed by atoms with Crippen LogP contribution >= 0.6 is 23.4 Å². The molecule has 2 N–H and O–H groups in total. The number of nitrogens with one attached hydrogen (secondary N) is 1. The van der Waals surface area contributed by atoms with Crippen molar-refractivity contribution in [3.8, 4) is 0 Å². The maximum atomic E-state index is 9.44. The molecule has 0 bridgehead atoms. The fraction of sp³-hybridized carbons (Fsp3) is 0.571. The smallest absolute Gasteiger partial charge is 0.0613 e. The molecule has 102 valence electrons. The molecule has 4 heteroatoms. The van der Waals surface area contributed by atoms with Crippen LogP contribution in [0, 0.1) is 0 Å². The largest absolute Gasteiger partial charge is 0.394 e. The number of hydrogen-bond donors (Lipinski definition) is 2. The molecule has 1 atom stereocenters. The highest BCUT2D eigenvalue weighted by Crippen LogP contribution is 2.24. The van der Waals surface area contributed by atoms with E-state index in [2.05, 4.69) is 18.3 Å². The molecule has 0 aliphatic heterocycles. The average molecular weight is 288 g/mol. The number of aliphatic hydroxyl groups excluding tert-OH is 1. The lowest BCUT2D eigenvalue weighted by atomic mass is 9.92. The number of likely N-dealkylation sites (N-methyl/N-ethyl adjacent to an activating group) is 1. The molecule has 1 unspecified atom stereocenters. The summed E-state index contributed by atoms with van der Waals surface area (Å²) < 4.78 is 0. The van der Waals surface area contributed by atoms with Gasteiger partial charge in [0, 0.05) is 15.5 Å². The monoisotopic (exact) mass is 287 g/mol. The predicted molar refractivity (Wildman–Crippen MR) is 80.6 cm³/mol. The molecule has 0 aliphatic rings. The first-order valence-corrected chi connectivity index (χ1v) is 7.70. The Morgan fingerprint density at radius 2 is 2.22 bits per heavy atom. The summed E-state index contributed by atoms with van der Waals surface area (Å²) in [6.45, 7) is 2.30. The van der Waals surface area contributed by atoms with Crippen molar-refractivity contribution < 1.29 is 5.11 Å². The molecule has 0 amide bonds. The lowest BCUT2D eigenvalue weighted by Crippen LogP contribution is -2.45. The molecular weight excluding hydrogens is 266 g/mol. The molecule has 0 saturated carbocycles. The molecule has 2 nitrogen and oxygen atoms in total. The van der Waals surface area contributed by atoms with E-state index >= 15 is 0 Å². The summed E-state index contributed by atoms with van der Waals surface area (Å²) in [4.78, 5) is 1.21. The van der Waals surface area contributed by atoms with E-state index in [0.717, 1.165) is 30.0 Å². The number of halogens is 1. The van der Waals surface area contributed by atoms with Gasteiger partial charge in [0.05, 0.1) is 6.61 Å². The Bertz CT molecular complexity index is 347. The molecule has 0 saturated heterocycles. The van der Waals surface area contributed by atoms with Crippen molar-refractivity contribution in [1.82, 2.24) is 5.32 Å². The maximum Gasteiger partial charge on any atom is 0.0613 e. The summed E-state index contributed by atoms with van der Waals surface area (Å²) >= 11 is 7.75. The van der Waals surface area contributed by atoms with Crippen molar-refractivity contribution >= 4 is 23.4 Å². The Balaban J connectivity index is 2.34. The van der Waals surface area contributed by atoms with Crippen molar-refractivity contribution in [3.05, 3.63) is 29.3 Å². The Kier molecular flexibility index (Phi) is 7.08. The van der Waals surface area contributed by atoms with E-state index in [1.54, 1.807) is 0 Å². The maximum absolute atomic E-state index is 9.44. The standard InChI is InChI=1S/C14H22ClNOS/c1-3-14(11-17,16-2)8-5-9-18-13-7-4-6-12(15)10-13/h4,6-7,10,16-17H,3,5,8-9,11H2,1-2H3. The minimum atomic E-state index is -0.116. The third kappa shape index (κ3) is 4.81. The van der Waals surface area contributed by atoms with Gasteiger partial charge in [-0.15, -0.1) is 11.8 Å². The van der Waals surface area contributed by atoms with E-state index < -0.39 is 0 Å². The number of rotatable bonds is 8. The Morgan fingerprint density at radius 3 is 2.78 bits per heavy atom. The molecular formula is C14H22ClNOS. The lowest BCUT2D eigenvalue weighted by molar-refractivity contribution is 0.154. The number of thioether (sulfide) groups is 1. The van der Waals surface area contributed by atoms with Gasteiger partial charge >= 0.3 is 0 Å².